The molecule has 0 bridgehead atoms. The summed E-state index contributed by atoms with van der Waals surface area (Å²) in [6, 6.07) is 12.2. The number of para-hydroxylation sites is 1. The first kappa shape index (κ1) is 18.9. The van der Waals surface area contributed by atoms with Gasteiger partial charge in [-0.1, -0.05) is 18.2 Å². The van der Waals surface area contributed by atoms with E-state index in [1.54, 1.807) is 18.2 Å². The summed E-state index contributed by atoms with van der Waals surface area (Å²) in [5, 5.41) is 2.75. The Morgan fingerprint density at radius 2 is 1.86 bits per heavy atom. The Morgan fingerprint density at radius 1 is 1.10 bits per heavy atom. The van der Waals surface area contributed by atoms with Gasteiger partial charge in [0.05, 0.1) is 11.3 Å². The second kappa shape index (κ2) is 7.50. The number of aryl methyl sites for hydroxylation is 2. The molecule has 1 aliphatic carbocycles. The molecule has 0 saturated heterocycles. The number of carbonyl (C=O) groups is 4. The van der Waals surface area contributed by atoms with Crippen LogP contribution in [0, 0.1) is 0 Å². The van der Waals surface area contributed by atoms with Crippen molar-refractivity contribution in [1.82, 2.24) is 0 Å². The van der Waals surface area contributed by atoms with Crippen LogP contribution in [-0.2, 0) is 32.0 Å². The average Bonchev–Trinajstić information content (AvgIpc) is 3.26. The number of hydrogen-bond acceptors (Lipinski definition) is 5. The molecule has 0 radical (unpaired) electrons. The molecular formula is C22H20N2O5. The molecule has 7 heteroatoms. The molecule has 0 aromatic heterocycles. The first-order valence-electron chi connectivity index (χ1n) is 9.51. The zero-order chi connectivity index (χ0) is 20.5. The molecule has 2 amide bonds. The maximum absolute atomic E-state index is 12.4. The molecular weight excluding hydrogens is 372 g/mol. The number of fused-ring (bicyclic) bond motifs is 2. The van der Waals surface area contributed by atoms with Crippen molar-refractivity contribution in [3.63, 3.8) is 0 Å². The second-order valence-electron chi connectivity index (χ2n) is 7.20. The van der Waals surface area contributed by atoms with Gasteiger partial charge in [0.25, 0.3) is 17.6 Å². The van der Waals surface area contributed by atoms with E-state index in [0.29, 0.717) is 11.4 Å². The summed E-state index contributed by atoms with van der Waals surface area (Å²) in [6.45, 7) is 1.03. The lowest BCUT2D eigenvalue weighted by Gasteiger charge is -2.18. The zero-order valence-electron chi connectivity index (χ0n) is 15.9. The summed E-state index contributed by atoms with van der Waals surface area (Å²) < 4.78 is 5.18. The van der Waals surface area contributed by atoms with Crippen molar-refractivity contribution < 1.29 is 23.9 Å². The molecule has 1 heterocycles. The SMILES string of the molecule is C[C@@H](OC(=O)CN1C(=O)C(=O)c2ccccc21)C(=O)Nc1ccc2c(c1)CCC2. The quantitative estimate of drug-likeness (QED) is 0.622. The van der Waals surface area contributed by atoms with Gasteiger partial charge in [-0.2, -0.15) is 0 Å². The molecule has 0 spiro atoms. The van der Waals surface area contributed by atoms with Crippen molar-refractivity contribution in [2.24, 2.45) is 0 Å². The molecule has 0 unspecified atom stereocenters. The van der Waals surface area contributed by atoms with E-state index in [9.17, 15) is 19.2 Å². The van der Waals surface area contributed by atoms with Gasteiger partial charge in [-0.25, -0.2) is 0 Å². The molecule has 1 atom stereocenters. The highest BCUT2D eigenvalue weighted by atomic mass is 16.5. The molecule has 4 rings (SSSR count). The predicted molar refractivity (Wildman–Crippen MR) is 106 cm³/mol. The lowest BCUT2D eigenvalue weighted by Crippen LogP contribution is -2.38. The molecule has 2 aliphatic rings. The Balaban J connectivity index is 1.36. The minimum absolute atomic E-state index is 0.257. The fraction of sp³-hybridized carbons (Fsp3) is 0.273. The highest BCUT2D eigenvalue weighted by Crippen LogP contribution is 2.28. The van der Waals surface area contributed by atoms with Crippen LogP contribution in [0.4, 0.5) is 11.4 Å². The number of nitrogens with zero attached hydrogens (tertiary/aromatic N) is 1. The summed E-state index contributed by atoms with van der Waals surface area (Å²) in [7, 11) is 0. The Labute approximate surface area is 167 Å². The van der Waals surface area contributed by atoms with E-state index in [1.807, 2.05) is 18.2 Å². The Kier molecular flexibility index (Phi) is 4.88. The van der Waals surface area contributed by atoms with Gasteiger partial charge in [0.15, 0.2) is 6.10 Å². The number of benzene rings is 2. The molecule has 0 fully saturated rings. The van der Waals surface area contributed by atoms with Gasteiger partial charge < -0.3 is 10.1 Å². The zero-order valence-corrected chi connectivity index (χ0v) is 15.9. The molecule has 29 heavy (non-hydrogen) atoms. The van der Waals surface area contributed by atoms with Gasteiger partial charge in [0, 0.05) is 5.69 Å². The van der Waals surface area contributed by atoms with E-state index in [2.05, 4.69) is 5.32 Å². The van der Waals surface area contributed by atoms with Crippen LogP contribution < -0.4 is 10.2 Å². The van der Waals surface area contributed by atoms with E-state index in [-0.39, 0.29) is 5.56 Å². The van der Waals surface area contributed by atoms with Gasteiger partial charge in [-0.05, 0) is 61.6 Å². The summed E-state index contributed by atoms with van der Waals surface area (Å²) in [6.07, 6.45) is 2.12. The molecule has 0 saturated carbocycles. The highest BCUT2D eigenvalue weighted by Gasteiger charge is 2.37. The highest BCUT2D eigenvalue weighted by molar-refractivity contribution is 6.52. The smallest absolute Gasteiger partial charge is 0.326 e. The Morgan fingerprint density at radius 3 is 2.69 bits per heavy atom. The number of ether oxygens (including phenoxy) is 1. The monoisotopic (exact) mass is 392 g/mol. The number of carbonyl (C=O) groups excluding carboxylic acids is 4. The summed E-state index contributed by atoms with van der Waals surface area (Å²) in [5.74, 6) is -2.66. The van der Waals surface area contributed by atoms with Crippen molar-refractivity contribution in [2.75, 3.05) is 16.8 Å². The van der Waals surface area contributed by atoms with Crippen LogP contribution in [0.2, 0.25) is 0 Å². The van der Waals surface area contributed by atoms with Crippen LogP contribution in [0.15, 0.2) is 42.5 Å². The number of nitrogens with one attached hydrogen (secondary N) is 1. The van der Waals surface area contributed by atoms with E-state index >= 15 is 0 Å². The van der Waals surface area contributed by atoms with Crippen LogP contribution in [0.5, 0.6) is 0 Å². The van der Waals surface area contributed by atoms with Crippen LogP contribution in [0.1, 0.15) is 34.8 Å². The van der Waals surface area contributed by atoms with Crippen LogP contribution >= 0.6 is 0 Å². The molecule has 2 aromatic carbocycles. The maximum atomic E-state index is 12.4. The van der Waals surface area contributed by atoms with Gasteiger partial charge in [0.1, 0.15) is 6.54 Å². The number of amides is 2. The van der Waals surface area contributed by atoms with Crippen LogP contribution in [0.25, 0.3) is 0 Å². The Hall–Kier alpha value is -3.48. The fourth-order valence-corrected chi connectivity index (χ4v) is 3.72. The standard InChI is InChI=1S/C22H20N2O5/c1-13(21(27)23-16-10-9-14-5-4-6-15(14)11-16)29-19(25)12-24-18-8-3-2-7-17(18)20(26)22(24)28/h2-3,7-11,13H,4-6,12H2,1H3,(H,23,27)/t13-/m1/s1. The predicted octanol–water partition coefficient (Wildman–Crippen LogP) is 2.27. The molecule has 1 aliphatic heterocycles. The normalized spacial score (nSPS) is 15.7. The van der Waals surface area contributed by atoms with Gasteiger partial charge in [-0.3, -0.25) is 24.1 Å². The lowest BCUT2D eigenvalue weighted by molar-refractivity contribution is -0.152. The number of anilines is 2. The number of ketones is 1. The molecule has 148 valence electrons. The van der Waals surface area contributed by atoms with Crippen molar-refractivity contribution in [1.29, 1.82) is 0 Å². The Bertz CT molecular complexity index is 1030. The van der Waals surface area contributed by atoms with Crippen molar-refractivity contribution in [3.8, 4) is 0 Å². The second-order valence-corrected chi connectivity index (χ2v) is 7.20. The van der Waals surface area contributed by atoms with E-state index in [0.717, 1.165) is 24.2 Å². The van der Waals surface area contributed by atoms with E-state index in [1.165, 1.54) is 24.1 Å². The summed E-state index contributed by atoms with van der Waals surface area (Å²) in [4.78, 5) is 49.9. The van der Waals surface area contributed by atoms with Gasteiger partial charge >= 0.3 is 5.97 Å². The number of Topliss-reactive ketones (excluding diaryl/α,β-unsaturated/α-hetero) is 1. The fourth-order valence-electron chi connectivity index (χ4n) is 3.72. The third kappa shape index (κ3) is 3.63. The van der Waals surface area contributed by atoms with Crippen molar-refractivity contribution in [3.05, 3.63) is 59.2 Å². The average molecular weight is 392 g/mol. The maximum Gasteiger partial charge on any atom is 0.326 e. The first-order valence-corrected chi connectivity index (χ1v) is 9.51. The lowest BCUT2D eigenvalue weighted by atomic mass is 10.1. The first-order chi connectivity index (χ1) is 13.9. The molecule has 2 aromatic rings. The number of esters is 1. The topological polar surface area (TPSA) is 92.8 Å². The van der Waals surface area contributed by atoms with Crippen LogP contribution in [0.3, 0.4) is 0 Å². The number of hydrogen-bond donors (Lipinski definition) is 1. The van der Waals surface area contributed by atoms with Crippen LogP contribution in [-0.4, -0.2) is 36.2 Å². The van der Waals surface area contributed by atoms with Gasteiger partial charge in [-0.15, -0.1) is 0 Å². The van der Waals surface area contributed by atoms with Crippen molar-refractivity contribution in [2.45, 2.75) is 32.3 Å². The largest absolute Gasteiger partial charge is 0.451 e. The third-order valence-electron chi connectivity index (χ3n) is 5.21. The minimum atomic E-state index is -1.04. The number of rotatable bonds is 5. The summed E-state index contributed by atoms with van der Waals surface area (Å²) in [5.41, 5.74) is 3.81. The van der Waals surface area contributed by atoms with Gasteiger partial charge in [0.2, 0.25) is 0 Å². The van der Waals surface area contributed by atoms with E-state index < -0.39 is 36.2 Å². The third-order valence-corrected chi connectivity index (χ3v) is 5.21. The van der Waals surface area contributed by atoms with Crippen molar-refractivity contribution >= 4 is 34.9 Å². The molecule has 1 N–H and O–H groups in total. The summed E-state index contributed by atoms with van der Waals surface area (Å²) >= 11 is 0. The molecule has 7 nitrogen and oxygen atoms in total. The minimum Gasteiger partial charge on any atom is -0.451 e. The van der Waals surface area contributed by atoms with E-state index in [4.69, 9.17) is 4.74 Å².